The molecule has 4 nitrogen and oxygen atoms in total. The van der Waals surface area contributed by atoms with Gasteiger partial charge in [0.05, 0.1) is 19.3 Å². The van der Waals surface area contributed by atoms with E-state index in [2.05, 4.69) is 12.2 Å². The Labute approximate surface area is 85.6 Å². The Morgan fingerprint density at radius 1 is 1.64 bits per heavy atom. The Bertz CT molecular complexity index is 167. The minimum absolute atomic E-state index is 0.0480. The molecule has 1 N–H and O–H groups in total. The summed E-state index contributed by atoms with van der Waals surface area (Å²) in [6.45, 7) is 4.14. The van der Waals surface area contributed by atoms with Crippen LogP contribution in [0.15, 0.2) is 0 Å². The van der Waals surface area contributed by atoms with E-state index in [4.69, 9.17) is 4.74 Å². The van der Waals surface area contributed by atoms with Crippen LogP contribution in [0.1, 0.15) is 26.2 Å². The van der Waals surface area contributed by atoms with Crippen LogP contribution in [-0.4, -0.2) is 43.8 Å². The summed E-state index contributed by atoms with van der Waals surface area (Å²) in [4.78, 5) is 13.5. The van der Waals surface area contributed by atoms with Gasteiger partial charge in [0.15, 0.2) is 0 Å². The Morgan fingerprint density at radius 3 is 3.07 bits per heavy atom. The Hall–Kier alpha value is -0.610. The van der Waals surface area contributed by atoms with Crippen LogP contribution in [0, 0.1) is 0 Å². The van der Waals surface area contributed by atoms with Crippen molar-refractivity contribution in [2.75, 3.05) is 26.9 Å². The maximum absolute atomic E-state index is 11.7. The molecule has 1 aliphatic heterocycles. The third-order valence-electron chi connectivity index (χ3n) is 2.55. The SMILES string of the molecule is CCCCC1NCN(CCOC)C1=O. The average Bonchev–Trinajstić information content (AvgIpc) is 2.54. The monoisotopic (exact) mass is 200 g/mol. The van der Waals surface area contributed by atoms with E-state index in [1.54, 1.807) is 7.11 Å². The number of hydrogen-bond donors (Lipinski definition) is 1. The molecule has 1 saturated heterocycles. The van der Waals surface area contributed by atoms with Gasteiger partial charge in [-0.2, -0.15) is 0 Å². The van der Waals surface area contributed by atoms with Gasteiger partial charge in [0, 0.05) is 13.7 Å². The van der Waals surface area contributed by atoms with E-state index in [0.717, 1.165) is 19.3 Å². The van der Waals surface area contributed by atoms with Crippen LogP contribution in [-0.2, 0) is 9.53 Å². The predicted molar refractivity (Wildman–Crippen MR) is 54.9 cm³/mol. The van der Waals surface area contributed by atoms with E-state index >= 15 is 0 Å². The van der Waals surface area contributed by atoms with Crippen molar-refractivity contribution in [3.05, 3.63) is 0 Å². The van der Waals surface area contributed by atoms with Gasteiger partial charge in [-0.3, -0.25) is 10.1 Å². The number of nitrogens with one attached hydrogen (secondary N) is 1. The Balaban J connectivity index is 2.28. The number of carbonyl (C=O) groups excluding carboxylic acids is 1. The van der Waals surface area contributed by atoms with Gasteiger partial charge in [0.25, 0.3) is 0 Å². The molecule has 1 rings (SSSR count). The third-order valence-corrected chi connectivity index (χ3v) is 2.55. The highest BCUT2D eigenvalue weighted by atomic mass is 16.5. The fraction of sp³-hybridized carbons (Fsp3) is 0.900. The van der Waals surface area contributed by atoms with Crippen LogP contribution in [0.5, 0.6) is 0 Å². The lowest BCUT2D eigenvalue weighted by atomic mass is 10.1. The van der Waals surface area contributed by atoms with E-state index < -0.39 is 0 Å². The third kappa shape index (κ3) is 2.96. The standard InChI is InChI=1S/C10H20N2O2/c1-3-4-5-9-10(13)12(8-11-9)6-7-14-2/h9,11H,3-8H2,1-2H3. The summed E-state index contributed by atoms with van der Waals surface area (Å²) in [6.07, 6.45) is 3.21. The highest BCUT2D eigenvalue weighted by Gasteiger charge is 2.29. The van der Waals surface area contributed by atoms with Gasteiger partial charge in [0.1, 0.15) is 0 Å². The number of hydrogen-bond acceptors (Lipinski definition) is 3. The lowest BCUT2D eigenvalue weighted by molar-refractivity contribution is -0.129. The maximum atomic E-state index is 11.7. The second kappa shape index (κ2) is 5.98. The quantitative estimate of drug-likeness (QED) is 0.682. The lowest BCUT2D eigenvalue weighted by Crippen LogP contribution is -2.32. The molecule has 0 aromatic rings. The molecule has 82 valence electrons. The number of methoxy groups -OCH3 is 1. The van der Waals surface area contributed by atoms with Gasteiger partial charge in [-0.05, 0) is 6.42 Å². The normalized spacial score (nSPS) is 22.0. The number of unbranched alkanes of at least 4 members (excludes halogenated alkanes) is 1. The van der Waals surface area contributed by atoms with E-state index in [0.29, 0.717) is 19.8 Å². The van der Waals surface area contributed by atoms with E-state index in [1.165, 1.54) is 0 Å². The van der Waals surface area contributed by atoms with Crippen molar-refractivity contribution in [1.29, 1.82) is 0 Å². The van der Waals surface area contributed by atoms with Crippen molar-refractivity contribution in [3.63, 3.8) is 0 Å². The zero-order valence-corrected chi connectivity index (χ0v) is 9.08. The average molecular weight is 200 g/mol. The van der Waals surface area contributed by atoms with E-state index in [1.807, 2.05) is 4.90 Å². The van der Waals surface area contributed by atoms with Crippen molar-refractivity contribution in [2.24, 2.45) is 0 Å². The van der Waals surface area contributed by atoms with Crippen LogP contribution >= 0.6 is 0 Å². The van der Waals surface area contributed by atoms with Crippen molar-refractivity contribution < 1.29 is 9.53 Å². The molecule has 0 radical (unpaired) electrons. The minimum Gasteiger partial charge on any atom is -0.383 e. The van der Waals surface area contributed by atoms with Crippen molar-refractivity contribution >= 4 is 5.91 Å². The predicted octanol–water partition coefficient (Wildman–Crippen LogP) is 0.581. The highest BCUT2D eigenvalue weighted by Crippen LogP contribution is 2.09. The number of carbonyl (C=O) groups is 1. The van der Waals surface area contributed by atoms with Crippen molar-refractivity contribution in [2.45, 2.75) is 32.2 Å². The molecule has 1 amide bonds. The molecule has 1 unspecified atom stereocenters. The van der Waals surface area contributed by atoms with Gasteiger partial charge < -0.3 is 9.64 Å². The molecule has 1 aliphatic rings. The summed E-state index contributed by atoms with van der Waals surface area (Å²) in [6, 6.07) is 0.0480. The highest BCUT2D eigenvalue weighted by molar-refractivity contribution is 5.83. The van der Waals surface area contributed by atoms with E-state index in [-0.39, 0.29) is 11.9 Å². The van der Waals surface area contributed by atoms with Gasteiger partial charge in [-0.15, -0.1) is 0 Å². The summed E-state index contributed by atoms with van der Waals surface area (Å²) in [7, 11) is 1.66. The van der Waals surface area contributed by atoms with Crippen molar-refractivity contribution in [1.82, 2.24) is 10.2 Å². The molecule has 1 atom stereocenters. The lowest BCUT2D eigenvalue weighted by Gasteiger charge is -2.14. The molecule has 1 heterocycles. The number of ether oxygens (including phenoxy) is 1. The summed E-state index contributed by atoms with van der Waals surface area (Å²) < 4.78 is 4.95. The smallest absolute Gasteiger partial charge is 0.240 e. The first-order chi connectivity index (χ1) is 6.79. The molecule has 14 heavy (non-hydrogen) atoms. The first-order valence-electron chi connectivity index (χ1n) is 5.30. The molecule has 0 spiro atoms. The fourth-order valence-corrected chi connectivity index (χ4v) is 1.63. The minimum atomic E-state index is 0.0480. The number of rotatable bonds is 6. The molecule has 4 heteroatoms. The molecular weight excluding hydrogens is 180 g/mol. The maximum Gasteiger partial charge on any atom is 0.240 e. The zero-order chi connectivity index (χ0) is 10.4. The topological polar surface area (TPSA) is 41.6 Å². The Kier molecular flexibility index (Phi) is 4.90. The van der Waals surface area contributed by atoms with Crippen LogP contribution in [0.4, 0.5) is 0 Å². The Morgan fingerprint density at radius 2 is 2.43 bits per heavy atom. The van der Waals surface area contributed by atoms with Crippen LogP contribution in [0.2, 0.25) is 0 Å². The second-order valence-electron chi connectivity index (χ2n) is 3.65. The first kappa shape index (κ1) is 11.5. The number of nitrogens with zero attached hydrogens (tertiary/aromatic N) is 1. The summed E-state index contributed by atoms with van der Waals surface area (Å²) in [5.74, 6) is 0.232. The molecular formula is C10H20N2O2. The van der Waals surface area contributed by atoms with Gasteiger partial charge in [0.2, 0.25) is 5.91 Å². The van der Waals surface area contributed by atoms with Crippen LogP contribution in [0.25, 0.3) is 0 Å². The van der Waals surface area contributed by atoms with Crippen molar-refractivity contribution in [3.8, 4) is 0 Å². The van der Waals surface area contributed by atoms with Gasteiger partial charge >= 0.3 is 0 Å². The van der Waals surface area contributed by atoms with Gasteiger partial charge in [-0.1, -0.05) is 19.8 Å². The van der Waals surface area contributed by atoms with Crippen LogP contribution in [0.3, 0.4) is 0 Å². The molecule has 0 aliphatic carbocycles. The summed E-state index contributed by atoms with van der Waals surface area (Å²) in [5.41, 5.74) is 0. The zero-order valence-electron chi connectivity index (χ0n) is 9.08. The van der Waals surface area contributed by atoms with Crippen LogP contribution < -0.4 is 5.32 Å². The van der Waals surface area contributed by atoms with E-state index in [9.17, 15) is 4.79 Å². The molecule has 0 bridgehead atoms. The summed E-state index contributed by atoms with van der Waals surface area (Å²) in [5, 5.41) is 3.22. The summed E-state index contributed by atoms with van der Waals surface area (Å²) >= 11 is 0. The second-order valence-corrected chi connectivity index (χ2v) is 3.65. The number of amides is 1. The van der Waals surface area contributed by atoms with Gasteiger partial charge in [-0.25, -0.2) is 0 Å². The first-order valence-corrected chi connectivity index (χ1v) is 5.30. The molecule has 0 aromatic heterocycles. The molecule has 1 fully saturated rings. The molecule has 0 saturated carbocycles. The largest absolute Gasteiger partial charge is 0.383 e. The fourth-order valence-electron chi connectivity index (χ4n) is 1.63. The molecule has 0 aromatic carbocycles.